The van der Waals surface area contributed by atoms with Gasteiger partial charge in [-0.1, -0.05) is 0 Å². The number of fused-ring (bicyclic) bond motifs is 1. The minimum atomic E-state index is -0.669. The molecule has 1 aromatic heterocycles. The molecular weight excluding hydrogens is 212 g/mol. The van der Waals surface area contributed by atoms with Crippen molar-refractivity contribution in [3.05, 3.63) is 36.2 Å². The number of ether oxygens (including phenoxy) is 1. The Morgan fingerprint density at radius 2 is 2.00 bits per heavy atom. The molecule has 0 atom stereocenters. The van der Waals surface area contributed by atoms with Crippen molar-refractivity contribution in [3.63, 3.8) is 0 Å². The lowest BCUT2D eigenvalue weighted by atomic mass is 10.1. The molecule has 1 fully saturated rings. The SMILES string of the molecule is Fc1ccc2c(OC3CC3)cnc(F)c2c1. The molecule has 2 nitrogen and oxygen atoms in total. The molecule has 3 rings (SSSR count). The van der Waals surface area contributed by atoms with Crippen LogP contribution in [0.3, 0.4) is 0 Å². The minimum Gasteiger partial charge on any atom is -0.488 e. The van der Waals surface area contributed by atoms with E-state index in [-0.39, 0.29) is 11.5 Å². The summed E-state index contributed by atoms with van der Waals surface area (Å²) in [6.07, 6.45) is 3.59. The van der Waals surface area contributed by atoms with Gasteiger partial charge in [0.15, 0.2) is 0 Å². The molecule has 1 aromatic carbocycles. The van der Waals surface area contributed by atoms with Crippen LogP contribution in [0.2, 0.25) is 0 Å². The Bertz CT molecular complexity index is 552. The first kappa shape index (κ1) is 9.51. The average Bonchev–Trinajstić information content (AvgIpc) is 3.06. The van der Waals surface area contributed by atoms with Crippen LogP contribution in [-0.4, -0.2) is 11.1 Å². The van der Waals surface area contributed by atoms with Crippen molar-refractivity contribution in [3.8, 4) is 5.75 Å². The van der Waals surface area contributed by atoms with Crippen LogP contribution < -0.4 is 4.74 Å². The molecule has 1 aliphatic rings. The van der Waals surface area contributed by atoms with E-state index in [1.807, 2.05) is 0 Å². The second-order valence-electron chi connectivity index (χ2n) is 3.92. The minimum absolute atomic E-state index is 0.165. The molecule has 82 valence electrons. The van der Waals surface area contributed by atoms with Crippen LogP contribution in [0.5, 0.6) is 5.75 Å². The van der Waals surface area contributed by atoms with Crippen molar-refractivity contribution in [2.45, 2.75) is 18.9 Å². The van der Waals surface area contributed by atoms with Gasteiger partial charge in [0.05, 0.1) is 12.3 Å². The van der Waals surface area contributed by atoms with E-state index in [1.54, 1.807) is 0 Å². The molecule has 0 bridgehead atoms. The van der Waals surface area contributed by atoms with Gasteiger partial charge < -0.3 is 4.74 Å². The van der Waals surface area contributed by atoms with Crippen molar-refractivity contribution in [1.82, 2.24) is 4.98 Å². The lowest BCUT2D eigenvalue weighted by Gasteiger charge is -2.08. The fraction of sp³-hybridized carbons (Fsp3) is 0.250. The standard InChI is InChI=1S/C12H9F2NO/c13-7-1-4-9-10(5-7)12(14)15-6-11(9)16-8-2-3-8/h1,4-6,8H,2-3H2. The normalized spacial score (nSPS) is 15.4. The number of hydrogen-bond acceptors (Lipinski definition) is 2. The molecule has 1 aliphatic carbocycles. The van der Waals surface area contributed by atoms with E-state index >= 15 is 0 Å². The van der Waals surface area contributed by atoms with Crippen molar-refractivity contribution in [2.75, 3.05) is 0 Å². The van der Waals surface area contributed by atoms with E-state index in [1.165, 1.54) is 18.3 Å². The second-order valence-corrected chi connectivity index (χ2v) is 3.92. The highest BCUT2D eigenvalue weighted by Gasteiger charge is 2.24. The lowest BCUT2D eigenvalue weighted by molar-refractivity contribution is 0.305. The number of rotatable bonds is 2. The van der Waals surface area contributed by atoms with Gasteiger partial charge in [-0.2, -0.15) is 4.39 Å². The number of hydrogen-bond donors (Lipinski definition) is 0. The van der Waals surface area contributed by atoms with E-state index in [0.717, 1.165) is 18.9 Å². The number of benzene rings is 1. The summed E-state index contributed by atoms with van der Waals surface area (Å²) in [5.74, 6) is -0.617. The van der Waals surface area contributed by atoms with Gasteiger partial charge in [0.25, 0.3) is 0 Å². The van der Waals surface area contributed by atoms with Crippen molar-refractivity contribution >= 4 is 10.8 Å². The molecule has 0 unspecified atom stereocenters. The van der Waals surface area contributed by atoms with Crippen LogP contribution >= 0.6 is 0 Å². The third-order valence-electron chi connectivity index (χ3n) is 2.58. The zero-order valence-electron chi connectivity index (χ0n) is 8.41. The highest BCUT2D eigenvalue weighted by Crippen LogP contribution is 2.32. The Hall–Kier alpha value is -1.71. The van der Waals surface area contributed by atoms with E-state index in [0.29, 0.717) is 11.1 Å². The van der Waals surface area contributed by atoms with E-state index in [2.05, 4.69) is 4.98 Å². The highest BCUT2D eigenvalue weighted by molar-refractivity contribution is 5.87. The van der Waals surface area contributed by atoms with Gasteiger partial charge in [0.2, 0.25) is 5.95 Å². The third-order valence-corrected chi connectivity index (χ3v) is 2.58. The van der Waals surface area contributed by atoms with E-state index in [9.17, 15) is 8.78 Å². The summed E-state index contributed by atoms with van der Waals surface area (Å²) in [6.45, 7) is 0. The molecule has 0 radical (unpaired) electrons. The molecule has 16 heavy (non-hydrogen) atoms. The summed E-state index contributed by atoms with van der Waals surface area (Å²) < 4.78 is 31.9. The maximum Gasteiger partial charge on any atom is 0.221 e. The topological polar surface area (TPSA) is 22.1 Å². The number of pyridine rings is 1. The molecule has 0 saturated heterocycles. The van der Waals surface area contributed by atoms with Crippen molar-refractivity contribution in [2.24, 2.45) is 0 Å². The molecule has 1 saturated carbocycles. The first-order valence-electron chi connectivity index (χ1n) is 5.14. The number of halogens is 2. The van der Waals surface area contributed by atoms with Gasteiger partial charge in [-0.25, -0.2) is 9.37 Å². The molecule has 2 aromatic rings. The van der Waals surface area contributed by atoms with E-state index < -0.39 is 11.8 Å². The van der Waals surface area contributed by atoms with Gasteiger partial charge in [-0.3, -0.25) is 0 Å². The van der Waals surface area contributed by atoms with Gasteiger partial charge in [-0.15, -0.1) is 0 Å². The molecule has 0 amide bonds. The smallest absolute Gasteiger partial charge is 0.221 e. The van der Waals surface area contributed by atoms with Gasteiger partial charge >= 0.3 is 0 Å². The molecule has 0 N–H and O–H groups in total. The van der Waals surface area contributed by atoms with Gasteiger partial charge in [0, 0.05) is 10.8 Å². The molecule has 0 spiro atoms. The number of nitrogens with zero attached hydrogens (tertiary/aromatic N) is 1. The highest BCUT2D eigenvalue weighted by atomic mass is 19.1. The van der Waals surface area contributed by atoms with Crippen molar-refractivity contribution in [1.29, 1.82) is 0 Å². The predicted octanol–water partition coefficient (Wildman–Crippen LogP) is 3.05. The maximum atomic E-state index is 13.4. The van der Waals surface area contributed by atoms with Crippen LogP contribution in [0.15, 0.2) is 24.4 Å². The van der Waals surface area contributed by atoms with Crippen molar-refractivity contribution < 1.29 is 13.5 Å². The Morgan fingerprint density at radius 1 is 1.19 bits per heavy atom. The zero-order chi connectivity index (χ0) is 11.1. The molecular formula is C12H9F2NO. The summed E-state index contributed by atoms with van der Waals surface area (Å²) >= 11 is 0. The second kappa shape index (κ2) is 3.40. The monoisotopic (exact) mass is 221 g/mol. The Labute approximate surface area is 90.9 Å². The predicted molar refractivity (Wildman–Crippen MR) is 55.3 cm³/mol. The average molecular weight is 221 g/mol. The first-order valence-corrected chi connectivity index (χ1v) is 5.14. The molecule has 4 heteroatoms. The zero-order valence-corrected chi connectivity index (χ0v) is 8.41. The van der Waals surface area contributed by atoms with Gasteiger partial charge in [0.1, 0.15) is 11.6 Å². The Balaban J connectivity index is 2.17. The molecule has 0 aliphatic heterocycles. The Kier molecular flexibility index (Phi) is 2.02. The van der Waals surface area contributed by atoms with Crippen LogP contribution in [0.4, 0.5) is 8.78 Å². The number of aromatic nitrogens is 1. The molecule has 1 heterocycles. The summed E-state index contributed by atoms with van der Waals surface area (Å²) in [4.78, 5) is 3.57. The quantitative estimate of drug-likeness (QED) is 0.727. The third kappa shape index (κ3) is 1.60. The Morgan fingerprint density at radius 3 is 2.75 bits per heavy atom. The first-order chi connectivity index (χ1) is 7.74. The largest absolute Gasteiger partial charge is 0.488 e. The lowest BCUT2D eigenvalue weighted by Crippen LogP contribution is -1.98. The fourth-order valence-corrected chi connectivity index (χ4v) is 1.62. The maximum absolute atomic E-state index is 13.4. The fourth-order valence-electron chi connectivity index (χ4n) is 1.62. The van der Waals surface area contributed by atoms with Crippen LogP contribution in [-0.2, 0) is 0 Å². The van der Waals surface area contributed by atoms with E-state index in [4.69, 9.17) is 4.74 Å². The van der Waals surface area contributed by atoms with Crippen LogP contribution in [0.25, 0.3) is 10.8 Å². The summed E-state index contributed by atoms with van der Waals surface area (Å²) in [5, 5.41) is 0.735. The summed E-state index contributed by atoms with van der Waals surface area (Å²) in [7, 11) is 0. The van der Waals surface area contributed by atoms with Gasteiger partial charge in [-0.05, 0) is 31.0 Å². The summed E-state index contributed by atoms with van der Waals surface area (Å²) in [6, 6.07) is 3.95. The summed E-state index contributed by atoms with van der Waals surface area (Å²) in [5.41, 5.74) is 0. The van der Waals surface area contributed by atoms with Crippen LogP contribution in [0.1, 0.15) is 12.8 Å². The van der Waals surface area contributed by atoms with Crippen LogP contribution in [0, 0.1) is 11.8 Å².